The highest BCUT2D eigenvalue weighted by Crippen LogP contribution is 2.30. The van der Waals surface area contributed by atoms with Crippen molar-refractivity contribution in [1.29, 1.82) is 0 Å². The van der Waals surface area contributed by atoms with Gasteiger partial charge in [-0.1, -0.05) is 11.8 Å². The molecule has 0 saturated carbocycles. The van der Waals surface area contributed by atoms with E-state index in [1.165, 1.54) is 36.1 Å². The molecule has 180 valence electrons. The molecule has 1 aromatic rings. The number of thioether (sulfide) groups is 1. The summed E-state index contributed by atoms with van der Waals surface area (Å²) in [4.78, 5) is 53.1. The van der Waals surface area contributed by atoms with Crippen molar-refractivity contribution in [1.82, 2.24) is 14.7 Å². The van der Waals surface area contributed by atoms with Gasteiger partial charge in [0.15, 0.2) is 5.12 Å². The normalized spacial score (nSPS) is 21.2. The number of rotatable bonds is 7. The average Bonchev–Trinajstić information content (AvgIpc) is 3.21. The minimum Gasteiger partial charge on any atom is -0.445 e. The summed E-state index contributed by atoms with van der Waals surface area (Å²) in [5, 5.41) is 19.6. The molecule has 3 rings (SSSR count). The monoisotopic (exact) mass is 480 g/mol. The lowest BCUT2D eigenvalue weighted by Gasteiger charge is -2.36. The molecule has 12 heteroatoms. The number of carbonyl (C=O) groups excluding carboxylic acids is 3. The molecular weight excluding hydrogens is 452 g/mol. The van der Waals surface area contributed by atoms with Crippen molar-refractivity contribution in [3.8, 4) is 0 Å². The van der Waals surface area contributed by atoms with Crippen LogP contribution >= 0.6 is 11.8 Å². The van der Waals surface area contributed by atoms with Crippen LogP contribution in [0, 0.1) is 10.1 Å². The molecule has 1 aromatic carbocycles. The van der Waals surface area contributed by atoms with Crippen molar-refractivity contribution >= 4 is 34.6 Å². The Bertz CT molecular complexity index is 874. The van der Waals surface area contributed by atoms with Gasteiger partial charge in [0.05, 0.1) is 11.5 Å². The lowest BCUT2D eigenvalue weighted by molar-refractivity contribution is -0.384. The van der Waals surface area contributed by atoms with Gasteiger partial charge in [-0.15, -0.1) is 0 Å². The number of carbonyl (C=O) groups is 3. The third kappa shape index (κ3) is 6.65. The SMILES string of the molecule is CC(=O)SC1CC(C(=O)N2CCN(CCO)CC2)N(C(=O)OCc2ccc([N+](=O)[O-])cc2)C1. The summed E-state index contributed by atoms with van der Waals surface area (Å²) in [7, 11) is 0. The fourth-order valence-electron chi connectivity index (χ4n) is 4.04. The standard InChI is InChI=1S/C21H28N4O7S/c1-15(27)33-18-12-19(20(28)23-8-6-22(7-9-23)10-11-26)24(13-18)21(29)32-14-16-2-4-17(5-3-16)25(30)31/h2-5,18-19,26H,6-14H2,1H3. The van der Waals surface area contributed by atoms with Crippen LogP contribution < -0.4 is 0 Å². The molecule has 0 aliphatic carbocycles. The zero-order valence-corrected chi connectivity index (χ0v) is 19.2. The molecule has 2 aliphatic rings. The van der Waals surface area contributed by atoms with E-state index in [2.05, 4.69) is 4.90 Å². The average molecular weight is 481 g/mol. The van der Waals surface area contributed by atoms with Gasteiger partial charge in [0, 0.05) is 63.6 Å². The first kappa shape index (κ1) is 24.9. The van der Waals surface area contributed by atoms with Crippen LogP contribution in [0.1, 0.15) is 18.9 Å². The van der Waals surface area contributed by atoms with E-state index in [1.54, 1.807) is 4.90 Å². The van der Waals surface area contributed by atoms with Crippen molar-refractivity contribution in [2.45, 2.75) is 31.2 Å². The van der Waals surface area contributed by atoms with E-state index in [-0.39, 0.29) is 41.7 Å². The number of ether oxygens (including phenoxy) is 1. The molecule has 2 aliphatic heterocycles. The number of piperazine rings is 1. The molecule has 2 amide bonds. The van der Waals surface area contributed by atoms with Crippen LogP contribution in [0.4, 0.5) is 10.5 Å². The number of non-ortho nitro benzene ring substituents is 1. The van der Waals surface area contributed by atoms with Crippen LogP contribution in [0.3, 0.4) is 0 Å². The first-order valence-corrected chi connectivity index (χ1v) is 11.6. The van der Waals surface area contributed by atoms with E-state index in [0.717, 1.165) is 11.8 Å². The van der Waals surface area contributed by atoms with Crippen LogP contribution in [-0.2, 0) is 20.9 Å². The van der Waals surface area contributed by atoms with Crippen molar-refractivity contribution in [3.63, 3.8) is 0 Å². The topological polar surface area (TPSA) is 134 Å². The summed E-state index contributed by atoms with van der Waals surface area (Å²) in [6, 6.07) is 4.98. The third-order valence-corrected chi connectivity index (χ3v) is 6.73. The van der Waals surface area contributed by atoms with E-state index >= 15 is 0 Å². The minimum absolute atomic E-state index is 0.0570. The Hall–Kier alpha value is -2.70. The Morgan fingerprint density at radius 2 is 1.85 bits per heavy atom. The number of hydrogen-bond acceptors (Lipinski definition) is 9. The Labute approximate surface area is 195 Å². The Morgan fingerprint density at radius 3 is 2.42 bits per heavy atom. The van der Waals surface area contributed by atoms with Gasteiger partial charge in [-0.3, -0.25) is 29.5 Å². The second-order valence-corrected chi connectivity index (χ2v) is 9.48. The molecule has 2 fully saturated rings. The van der Waals surface area contributed by atoms with Crippen molar-refractivity contribution < 1.29 is 29.2 Å². The summed E-state index contributed by atoms with van der Waals surface area (Å²) >= 11 is 1.12. The highest BCUT2D eigenvalue weighted by atomic mass is 32.2. The van der Waals surface area contributed by atoms with Crippen LogP contribution in [0.25, 0.3) is 0 Å². The number of nitro benzene ring substituents is 1. The van der Waals surface area contributed by atoms with E-state index < -0.39 is 17.1 Å². The summed E-state index contributed by atoms with van der Waals surface area (Å²) in [5.41, 5.74) is 0.532. The van der Waals surface area contributed by atoms with Crippen LogP contribution in [0.2, 0.25) is 0 Å². The van der Waals surface area contributed by atoms with E-state index in [1.807, 2.05) is 0 Å². The summed E-state index contributed by atoms with van der Waals surface area (Å²) in [5.74, 6) is -0.169. The lowest BCUT2D eigenvalue weighted by atomic mass is 10.1. The van der Waals surface area contributed by atoms with Gasteiger partial charge < -0.3 is 14.7 Å². The molecule has 2 heterocycles. The van der Waals surface area contributed by atoms with Crippen molar-refractivity contribution in [2.24, 2.45) is 0 Å². The predicted molar refractivity (Wildman–Crippen MR) is 121 cm³/mol. The van der Waals surface area contributed by atoms with Crippen LogP contribution in [0.5, 0.6) is 0 Å². The number of amides is 2. The Balaban J connectivity index is 1.63. The number of aliphatic hydroxyl groups is 1. The Kier molecular flexibility index (Phi) is 8.64. The van der Waals surface area contributed by atoms with Gasteiger partial charge >= 0.3 is 6.09 Å². The molecule has 0 aromatic heterocycles. The smallest absolute Gasteiger partial charge is 0.410 e. The van der Waals surface area contributed by atoms with Gasteiger partial charge in [-0.05, 0) is 24.1 Å². The number of β-amino-alcohol motifs (C(OH)–C–C–N with tert-alkyl or cyclic N) is 1. The molecule has 0 bridgehead atoms. The number of likely N-dealkylation sites (tertiary alicyclic amines) is 1. The molecule has 0 spiro atoms. The van der Waals surface area contributed by atoms with Gasteiger partial charge in [0.1, 0.15) is 12.6 Å². The zero-order valence-electron chi connectivity index (χ0n) is 18.4. The maximum absolute atomic E-state index is 13.2. The minimum atomic E-state index is -0.712. The first-order chi connectivity index (χ1) is 15.8. The van der Waals surface area contributed by atoms with Gasteiger partial charge in [0.25, 0.3) is 5.69 Å². The molecule has 33 heavy (non-hydrogen) atoms. The third-order valence-electron chi connectivity index (χ3n) is 5.72. The summed E-state index contributed by atoms with van der Waals surface area (Å²) in [6.07, 6.45) is -0.288. The first-order valence-electron chi connectivity index (χ1n) is 10.7. The largest absolute Gasteiger partial charge is 0.445 e. The summed E-state index contributed by atoms with van der Waals surface area (Å²) < 4.78 is 5.40. The van der Waals surface area contributed by atoms with Crippen molar-refractivity contribution in [3.05, 3.63) is 39.9 Å². The number of hydrogen-bond donors (Lipinski definition) is 1. The van der Waals surface area contributed by atoms with E-state index in [0.29, 0.717) is 44.7 Å². The molecule has 2 unspecified atom stereocenters. The van der Waals surface area contributed by atoms with Crippen LogP contribution in [-0.4, -0.2) is 99.0 Å². The highest BCUT2D eigenvalue weighted by Gasteiger charge is 2.43. The molecular formula is C21H28N4O7S. The van der Waals surface area contributed by atoms with Crippen LogP contribution in [0.15, 0.2) is 24.3 Å². The summed E-state index contributed by atoms with van der Waals surface area (Å²) in [6.45, 7) is 4.53. The van der Waals surface area contributed by atoms with E-state index in [4.69, 9.17) is 9.84 Å². The van der Waals surface area contributed by atoms with Gasteiger partial charge in [-0.25, -0.2) is 4.79 Å². The van der Waals surface area contributed by atoms with Crippen molar-refractivity contribution in [2.75, 3.05) is 45.9 Å². The second kappa shape index (κ2) is 11.4. The number of benzene rings is 1. The molecule has 11 nitrogen and oxygen atoms in total. The molecule has 2 atom stereocenters. The predicted octanol–water partition coefficient (Wildman–Crippen LogP) is 1.09. The van der Waals surface area contributed by atoms with E-state index in [9.17, 15) is 24.5 Å². The second-order valence-electron chi connectivity index (χ2n) is 8.00. The molecule has 1 N–H and O–H groups in total. The number of nitrogens with zero attached hydrogens (tertiary/aromatic N) is 4. The Morgan fingerprint density at radius 1 is 1.18 bits per heavy atom. The maximum Gasteiger partial charge on any atom is 0.410 e. The lowest BCUT2D eigenvalue weighted by Crippen LogP contribution is -2.54. The molecule has 0 radical (unpaired) electrons. The number of nitro groups is 1. The maximum atomic E-state index is 13.2. The number of aliphatic hydroxyl groups excluding tert-OH is 1. The molecule has 2 saturated heterocycles. The quantitative estimate of drug-likeness (QED) is 0.450. The van der Waals surface area contributed by atoms with Gasteiger partial charge in [0.2, 0.25) is 5.91 Å². The van der Waals surface area contributed by atoms with Gasteiger partial charge in [-0.2, -0.15) is 0 Å². The zero-order chi connectivity index (χ0) is 24.0. The fourth-order valence-corrected chi connectivity index (χ4v) is 5.02. The fraction of sp³-hybridized carbons (Fsp3) is 0.571. The highest BCUT2D eigenvalue weighted by molar-refractivity contribution is 8.14.